The van der Waals surface area contributed by atoms with Crippen LogP contribution in [0.5, 0.6) is 0 Å². The van der Waals surface area contributed by atoms with Crippen molar-refractivity contribution in [2.75, 3.05) is 18.4 Å². The number of sulfonamides is 1. The molecule has 202 valence electrons. The number of hydrogen-bond acceptors (Lipinski definition) is 8. The van der Waals surface area contributed by atoms with E-state index in [2.05, 4.69) is 5.32 Å². The van der Waals surface area contributed by atoms with Gasteiger partial charge in [0.15, 0.2) is 23.7 Å². The van der Waals surface area contributed by atoms with Crippen molar-refractivity contribution in [2.24, 2.45) is 0 Å². The second-order valence-electron chi connectivity index (χ2n) is 8.35. The van der Waals surface area contributed by atoms with E-state index in [0.29, 0.717) is 12.1 Å². The van der Waals surface area contributed by atoms with Crippen molar-refractivity contribution in [1.82, 2.24) is 4.31 Å². The van der Waals surface area contributed by atoms with Gasteiger partial charge in [-0.15, -0.1) is 0 Å². The summed E-state index contributed by atoms with van der Waals surface area (Å²) >= 11 is 0. The van der Waals surface area contributed by atoms with Crippen LogP contribution < -0.4 is 5.32 Å². The summed E-state index contributed by atoms with van der Waals surface area (Å²) in [4.78, 5) is 22.1. The van der Waals surface area contributed by atoms with E-state index in [4.69, 9.17) is 9.47 Å². The molecule has 9 nitrogen and oxygen atoms in total. The zero-order chi connectivity index (χ0) is 27.5. The normalized spacial score (nSPS) is 19.5. The highest BCUT2D eigenvalue weighted by atomic mass is 32.2. The number of benzene rings is 2. The van der Waals surface area contributed by atoms with Crippen LogP contribution in [-0.4, -0.2) is 55.1 Å². The van der Waals surface area contributed by atoms with E-state index in [9.17, 15) is 40.7 Å². The SMILES string of the molecule is CC(=O)O[C@@H]1CC[C@H](OC(C)=O)CN(S(=O)(=O)c2cc(C(O)Nc3cc(F)c(F)c(F)c3)ccc2F)C1. The number of esters is 2. The lowest BCUT2D eigenvalue weighted by molar-refractivity contribution is -0.148. The average molecular weight is 549 g/mol. The molecule has 0 spiro atoms. The maximum Gasteiger partial charge on any atom is 0.302 e. The Hall–Kier alpha value is -3.23. The Kier molecular flexibility index (Phi) is 8.76. The smallest absolute Gasteiger partial charge is 0.302 e. The second-order valence-corrected chi connectivity index (χ2v) is 10.3. The van der Waals surface area contributed by atoms with Gasteiger partial charge in [0.25, 0.3) is 0 Å². The number of rotatable bonds is 7. The van der Waals surface area contributed by atoms with Crippen LogP contribution in [0.4, 0.5) is 23.2 Å². The molecule has 0 radical (unpaired) electrons. The number of nitrogens with one attached hydrogen (secondary N) is 1. The van der Waals surface area contributed by atoms with Crippen LogP contribution in [0.15, 0.2) is 35.2 Å². The summed E-state index contributed by atoms with van der Waals surface area (Å²) in [6.07, 6.45) is -3.20. The standard InChI is InChI=1S/C23H24F4N2O7S/c1-12(30)35-16-4-5-17(36-13(2)31)11-29(10-16)37(33,34)21-7-14(3-6-18(21)24)23(32)28-15-8-19(25)22(27)20(26)9-15/h3,6-9,16-17,23,28,32H,4-5,10-11H2,1-2H3/t16-,17+,23?. The molecule has 2 aromatic carbocycles. The maximum atomic E-state index is 14.8. The number of carbonyl (C=O) groups is 2. The van der Waals surface area contributed by atoms with E-state index < -0.39 is 68.6 Å². The second kappa shape index (κ2) is 11.4. The quantitative estimate of drug-likeness (QED) is 0.234. The molecule has 0 saturated carbocycles. The van der Waals surface area contributed by atoms with Crippen LogP contribution >= 0.6 is 0 Å². The largest absolute Gasteiger partial charge is 0.461 e. The molecule has 1 unspecified atom stereocenters. The Morgan fingerprint density at radius 3 is 1.95 bits per heavy atom. The minimum absolute atomic E-state index is 0.180. The third-order valence-corrected chi connectivity index (χ3v) is 7.31. The van der Waals surface area contributed by atoms with Gasteiger partial charge in [-0.3, -0.25) is 9.59 Å². The zero-order valence-corrected chi connectivity index (χ0v) is 20.5. The van der Waals surface area contributed by atoms with Crippen molar-refractivity contribution < 1.29 is 50.1 Å². The van der Waals surface area contributed by atoms with E-state index >= 15 is 0 Å². The van der Waals surface area contributed by atoms with Gasteiger partial charge in [0.05, 0.1) is 13.1 Å². The van der Waals surface area contributed by atoms with Crippen LogP contribution in [0, 0.1) is 23.3 Å². The first-order valence-corrected chi connectivity index (χ1v) is 12.4. The lowest BCUT2D eigenvalue weighted by atomic mass is 10.1. The van der Waals surface area contributed by atoms with Gasteiger partial charge in [-0.2, -0.15) is 4.31 Å². The number of aliphatic hydroxyl groups excluding tert-OH is 1. The number of carbonyl (C=O) groups excluding carboxylic acids is 2. The van der Waals surface area contributed by atoms with Gasteiger partial charge in [0.1, 0.15) is 22.9 Å². The minimum atomic E-state index is -4.63. The van der Waals surface area contributed by atoms with E-state index in [1.54, 1.807) is 0 Å². The molecule has 1 aliphatic heterocycles. The number of ether oxygens (including phenoxy) is 2. The van der Waals surface area contributed by atoms with Crippen molar-refractivity contribution in [1.29, 1.82) is 0 Å². The molecule has 0 bridgehead atoms. The Labute approximate surface area is 210 Å². The van der Waals surface area contributed by atoms with E-state index in [0.717, 1.165) is 36.4 Å². The van der Waals surface area contributed by atoms with Crippen LogP contribution in [0.1, 0.15) is 38.5 Å². The molecule has 1 saturated heterocycles. The van der Waals surface area contributed by atoms with Crippen molar-refractivity contribution in [3.63, 3.8) is 0 Å². The molecule has 2 N–H and O–H groups in total. The van der Waals surface area contributed by atoms with Crippen LogP contribution in [0.3, 0.4) is 0 Å². The highest BCUT2D eigenvalue weighted by Crippen LogP contribution is 2.28. The third-order valence-electron chi connectivity index (χ3n) is 5.47. The summed E-state index contributed by atoms with van der Waals surface area (Å²) in [6, 6.07) is 3.76. The highest BCUT2D eigenvalue weighted by molar-refractivity contribution is 7.89. The molecule has 0 aliphatic carbocycles. The van der Waals surface area contributed by atoms with Crippen LogP contribution in [0.2, 0.25) is 0 Å². The highest BCUT2D eigenvalue weighted by Gasteiger charge is 2.36. The topological polar surface area (TPSA) is 122 Å². The zero-order valence-electron chi connectivity index (χ0n) is 19.7. The van der Waals surface area contributed by atoms with Gasteiger partial charge in [0.2, 0.25) is 10.0 Å². The van der Waals surface area contributed by atoms with E-state index in [1.165, 1.54) is 0 Å². The van der Waals surface area contributed by atoms with Gasteiger partial charge in [0, 0.05) is 37.2 Å². The molecule has 14 heteroatoms. The van der Waals surface area contributed by atoms with E-state index in [1.807, 2.05) is 0 Å². The number of hydrogen-bond donors (Lipinski definition) is 2. The number of anilines is 1. The summed E-state index contributed by atoms with van der Waals surface area (Å²) < 4.78 is 92.9. The first-order chi connectivity index (χ1) is 17.3. The fourth-order valence-electron chi connectivity index (χ4n) is 3.85. The first-order valence-electron chi connectivity index (χ1n) is 11.0. The minimum Gasteiger partial charge on any atom is -0.461 e. The van der Waals surface area contributed by atoms with Crippen LogP contribution in [0.25, 0.3) is 0 Å². The number of halogens is 4. The molecule has 3 atom stereocenters. The monoisotopic (exact) mass is 548 g/mol. The summed E-state index contributed by atoms with van der Waals surface area (Å²) in [5.74, 6) is -7.27. The number of aliphatic hydroxyl groups is 1. The van der Waals surface area contributed by atoms with Gasteiger partial charge in [-0.05, 0) is 25.0 Å². The summed E-state index contributed by atoms with van der Waals surface area (Å²) in [6.45, 7) is 1.59. The Bertz CT molecular complexity index is 1240. The molecule has 0 amide bonds. The Balaban J connectivity index is 1.92. The van der Waals surface area contributed by atoms with Crippen molar-refractivity contribution in [2.45, 2.75) is 50.0 Å². The van der Waals surface area contributed by atoms with Crippen LogP contribution in [-0.2, 0) is 29.1 Å². The molecule has 1 heterocycles. The predicted molar refractivity (Wildman–Crippen MR) is 120 cm³/mol. The number of nitrogens with zero attached hydrogens (tertiary/aromatic N) is 1. The molecule has 2 aromatic rings. The Morgan fingerprint density at radius 2 is 1.46 bits per heavy atom. The van der Waals surface area contributed by atoms with Gasteiger partial charge in [-0.25, -0.2) is 26.0 Å². The maximum absolute atomic E-state index is 14.8. The summed E-state index contributed by atoms with van der Waals surface area (Å²) in [5.41, 5.74) is -0.563. The molecular formula is C23H24F4N2O7S. The fraction of sp³-hybridized carbons (Fsp3) is 0.391. The molecule has 37 heavy (non-hydrogen) atoms. The summed E-state index contributed by atoms with van der Waals surface area (Å²) in [7, 11) is -4.63. The first kappa shape index (κ1) is 28.3. The lowest BCUT2D eigenvalue weighted by Crippen LogP contribution is -2.41. The third kappa shape index (κ3) is 6.96. The lowest BCUT2D eigenvalue weighted by Gasteiger charge is -2.26. The van der Waals surface area contributed by atoms with Crippen molar-refractivity contribution in [3.8, 4) is 0 Å². The summed E-state index contributed by atoms with van der Waals surface area (Å²) in [5, 5.41) is 12.7. The predicted octanol–water partition coefficient (Wildman–Crippen LogP) is 2.99. The van der Waals surface area contributed by atoms with Crippen molar-refractivity contribution >= 4 is 27.6 Å². The van der Waals surface area contributed by atoms with Crippen molar-refractivity contribution in [3.05, 3.63) is 59.2 Å². The molecule has 1 aliphatic rings. The van der Waals surface area contributed by atoms with Gasteiger partial charge >= 0.3 is 11.9 Å². The molecule has 1 fully saturated rings. The van der Waals surface area contributed by atoms with Gasteiger partial charge in [-0.1, -0.05) is 6.07 Å². The average Bonchev–Trinajstić information content (AvgIpc) is 2.99. The van der Waals surface area contributed by atoms with E-state index in [-0.39, 0.29) is 37.2 Å². The molecule has 3 rings (SSSR count). The van der Waals surface area contributed by atoms with Gasteiger partial charge < -0.3 is 19.9 Å². The molecular weight excluding hydrogens is 524 g/mol. The fourth-order valence-corrected chi connectivity index (χ4v) is 5.45. The molecule has 0 aromatic heterocycles. The Morgan fingerprint density at radius 1 is 0.946 bits per heavy atom.